The minimum absolute atomic E-state index is 0.0474. The molecule has 2 amide bonds. The highest BCUT2D eigenvalue weighted by molar-refractivity contribution is 7.16. The lowest BCUT2D eigenvalue weighted by Gasteiger charge is -2.10. The van der Waals surface area contributed by atoms with Gasteiger partial charge in [-0.15, -0.1) is 22.7 Å². The molecule has 0 aliphatic rings. The highest BCUT2D eigenvalue weighted by Crippen LogP contribution is 2.29. The van der Waals surface area contributed by atoms with E-state index < -0.39 is 11.8 Å². The molecule has 3 aromatic rings. The smallest absolute Gasteiger partial charge is 0.313 e. The van der Waals surface area contributed by atoms with Gasteiger partial charge in [-0.1, -0.05) is 6.07 Å². The summed E-state index contributed by atoms with van der Waals surface area (Å²) in [6.07, 6.45) is 0. The van der Waals surface area contributed by atoms with Gasteiger partial charge in [-0.2, -0.15) is 0 Å². The maximum atomic E-state index is 12.3. The molecule has 7 nitrogen and oxygen atoms in total. The van der Waals surface area contributed by atoms with Gasteiger partial charge in [-0.05, 0) is 35.7 Å². The van der Waals surface area contributed by atoms with Gasteiger partial charge in [0, 0.05) is 16.6 Å². The first-order chi connectivity index (χ1) is 14.0. The molecule has 2 N–H and O–H groups in total. The monoisotopic (exact) mass is 430 g/mol. The molecule has 29 heavy (non-hydrogen) atoms. The van der Waals surface area contributed by atoms with Crippen molar-refractivity contribution in [2.75, 3.05) is 19.5 Å². The molecular formula is C20H18N2O5S2. The Morgan fingerprint density at radius 2 is 1.72 bits per heavy atom. The SMILES string of the molecule is COc1ccc(NC(=O)C(=O)NCc2ccc(C(=O)c3cccs3)s2)cc1OC. The molecular weight excluding hydrogens is 412 g/mol. The molecule has 0 saturated heterocycles. The van der Waals surface area contributed by atoms with E-state index in [4.69, 9.17) is 9.47 Å². The summed E-state index contributed by atoms with van der Waals surface area (Å²) in [6.45, 7) is 0.153. The molecule has 3 rings (SSSR count). The molecule has 0 fully saturated rings. The number of hydrogen-bond donors (Lipinski definition) is 2. The second-order valence-electron chi connectivity index (χ2n) is 5.78. The fourth-order valence-corrected chi connectivity index (χ4v) is 4.12. The number of carbonyl (C=O) groups excluding carboxylic acids is 3. The summed E-state index contributed by atoms with van der Waals surface area (Å²) in [7, 11) is 2.99. The Morgan fingerprint density at radius 3 is 2.41 bits per heavy atom. The van der Waals surface area contributed by atoms with Crippen LogP contribution in [0.15, 0.2) is 47.8 Å². The average molecular weight is 431 g/mol. The van der Waals surface area contributed by atoms with Crippen molar-refractivity contribution < 1.29 is 23.9 Å². The first kappa shape index (κ1) is 20.6. The van der Waals surface area contributed by atoms with E-state index in [1.165, 1.54) is 36.9 Å². The van der Waals surface area contributed by atoms with Crippen molar-refractivity contribution in [3.05, 3.63) is 62.5 Å². The first-order valence-corrected chi connectivity index (χ1v) is 10.2. The number of anilines is 1. The van der Waals surface area contributed by atoms with Crippen LogP contribution in [0.25, 0.3) is 0 Å². The number of ketones is 1. The minimum atomic E-state index is -0.802. The number of thiophene rings is 2. The van der Waals surface area contributed by atoms with E-state index in [2.05, 4.69) is 10.6 Å². The average Bonchev–Trinajstić information content (AvgIpc) is 3.43. The molecule has 0 atom stereocenters. The Hall–Kier alpha value is -3.17. The van der Waals surface area contributed by atoms with Crippen molar-refractivity contribution in [2.24, 2.45) is 0 Å². The lowest BCUT2D eigenvalue weighted by Crippen LogP contribution is -2.34. The zero-order chi connectivity index (χ0) is 20.8. The molecule has 1 aromatic carbocycles. The van der Waals surface area contributed by atoms with Crippen molar-refractivity contribution in [2.45, 2.75) is 6.54 Å². The van der Waals surface area contributed by atoms with Crippen LogP contribution in [0.3, 0.4) is 0 Å². The Labute approximate surface area is 175 Å². The summed E-state index contributed by atoms with van der Waals surface area (Å²) >= 11 is 2.67. The van der Waals surface area contributed by atoms with E-state index in [-0.39, 0.29) is 12.3 Å². The van der Waals surface area contributed by atoms with Crippen LogP contribution in [0, 0.1) is 0 Å². The normalized spacial score (nSPS) is 10.3. The lowest BCUT2D eigenvalue weighted by molar-refractivity contribution is -0.136. The van der Waals surface area contributed by atoms with Crippen LogP contribution in [-0.4, -0.2) is 31.8 Å². The molecule has 2 aromatic heterocycles. The van der Waals surface area contributed by atoms with Gasteiger partial charge in [-0.25, -0.2) is 0 Å². The number of benzene rings is 1. The van der Waals surface area contributed by atoms with Crippen molar-refractivity contribution in [1.29, 1.82) is 0 Å². The quantitative estimate of drug-likeness (QED) is 0.443. The van der Waals surface area contributed by atoms with E-state index in [0.717, 1.165) is 4.88 Å². The Bertz CT molecular complexity index is 1030. The molecule has 0 saturated carbocycles. The van der Waals surface area contributed by atoms with Crippen LogP contribution in [0.1, 0.15) is 19.4 Å². The third kappa shape index (κ3) is 5.01. The second-order valence-corrected chi connectivity index (χ2v) is 7.89. The van der Waals surface area contributed by atoms with Crippen molar-refractivity contribution in [3.63, 3.8) is 0 Å². The van der Waals surface area contributed by atoms with Crippen LogP contribution in [0.4, 0.5) is 5.69 Å². The number of rotatable bonds is 7. The van der Waals surface area contributed by atoms with Gasteiger partial charge in [0.05, 0.1) is 30.5 Å². The van der Waals surface area contributed by atoms with Gasteiger partial charge < -0.3 is 20.1 Å². The highest BCUT2D eigenvalue weighted by Gasteiger charge is 2.16. The van der Waals surface area contributed by atoms with E-state index in [9.17, 15) is 14.4 Å². The van der Waals surface area contributed by atoms with E-state index in [1.807, 2.05) is 11.4 Å². The van der Waals surface area contributed by atoms with Gasteiger partial charge in [-0.3, -0.25) is 14.4 Å². The maximum absolute atomic E-state index is 12.3. The van der Waals surface area contributed by atoms with Crippen LogP contribution in [-0.2, 0) is 16.1 Å². The van der Waals surface area contributed by atoms with Crippen LogP contribution >= 0.6 is 22.7 Å². The van der Waals surface area contributed by atoms with Gasteiger partial charge in [0.1, 0.15) is 0 Å². The van der Waals surface area contributed by atoms with Crippen LogP contribution in [0.2, 0.25) is 0 Å². The second kappa shape index (κ2) is 9.35. The summed E-state index contributed by atoms with van der Waals surface area (Å²) in [5.41, 5.74) is 0.405. The molecule has 150 valence electrons. The lowest BCUT2D eigenvalue weighted by atomic mass is 10.2. The third-order valence-corrected chi connectivity index (χ3v) is 5.85. The summed E-state index contributed by atoms with van der Waals surface area (Å²) in [6, 6.07) is 11.9. The van der Waals surface area contributed by atoms with Crippen molar-refractivity contribution in [1.82, 2.24) is 5.32 Å². The van der Waals surface area contributed by atoms with Gasteiger partial charge >= 0.3 is 11.8 Å². The van der Waals surface area contributed by atoms with E-state index >= 15 is 0 Å². The van der Waals surface area contributed by atoms with E-state index in [1.54, 1.807) is 36.4 Å². The molecule has 0 unspecified atom stereocenters. The Morgan fingerprint density at radius 1 is 0.931 bits per heavy atom. The number of amides is 2. The largest absolute Gasteiger partial charge is 0.493 e. The zero-order valence-corrected chi connectivity index (χ0v) is 17.3. The van der Waals surface area contributed by atoms with Crippen LogP contribution in [0.5, 0.6) is 11.5 Å². The standard InChI is InChI=1S/C20H18N2O5S2/c1-26-14-7-5-12(10-15(14)27-2)22-20(25)19(24)21-11-13-6-8-17(29-13)18(23)16-4-3-9-28-16/h3-10H,11H2,1-2H3,(H,21,24)(H,22,25). The number of ether oxygens (including phenoxy) is 2. The predicted molar refractivity (Wildman–Crippen MR) is 112 cm³/mol. The van der Waals surface area contributed by atoms with Crippen molar-refractivity contribution >= 4 is 46.0 Å². The maximum Gasteiger partial charge on any atom is 0.313 e. The summed E-state index contributed by atoms with van der Waals surface area (Å²) in [5.74, 6) is -0.676. The van der Waals surface area contributed by atoms with Gasteiger partial charge in [0.2, 0.25) is 5.78 Å². The highest BCUT2D eigenvalue weighted by atomic mass is 32.1. The number of methoxy groups -OCH3 is 2. The van der Waals surface area contributed by atoms with Gasteiger partial charge in [0.25, 0.3) is 0 Å². The van der Waals surface area contributed by atoms with Gasteiger partial charge in [0.15, 0.2) is 11.5 Å². The Kier molecular flexibility index (Phi) is 6.63. The topological polar surface area (TPSA) is 93.7 Å². The number of nitrogens with one attached hydrogen (secondary N) is 2. The summed E-state index contributed by atoms with van der Waals surface area (Å²) in [4.78, 5) is 38.5. The predicted octanol–water partition coefficient (Wildman–Crippen LogP) is 3.31. The zero-order valence-electron chi connectivity index (χ0n) is 15.7. The first-order valence-electron chi connectivity index (χ1n) is 8.50. The van der Waals surface area contributed by atoms with E-state index in [0.29, 0.717) is 26.9 Å². The van der Waals surface area contributed by atoms with Crippen LogP contribution < -0.4 is 20.1 Å². The third-order valence-electron chi connectivity index (χ3n) is 3.90. The number of carbonyl (C=O) groups is 3. The minimum Gasteiger partial charge on any atom is -0.493 e. The van der Waals surface area contributed by atoms with Crippen molar-refractivity contribution in [3.8, 4) is 11.5 Å². The molecule has 0 aliphatic carbocycles. The molecule has 0 bridgehead atoms. The Balaban J connectivity index is 1.55. The molecule has 0 spiro atoms. The molecule has 9 heteroatoms. The number of hydrogen-bond acceptors (Lipinski definition) is 7. The summed E-state index contributed by atoms with van der Waals surface area (Å²) < 4.78 is 10.3. The summed E-state index contributed by atoms with van der Waals surface area (Å²) in [5, 5.41) is 6.91. The molecule has 0 aliphatic heterocycles. The fraction of sp³-hybridized carbons (Fsp3) is 0.150. The molecule has 0 radical (unpaired) electrons. The fourth-order valence-electron chi connectivity index (χ4n) is 2.47. The molecule has 2 heterocycles.